The highest BCUT2D eigenvalue weighted by Crippen LogP contribution is 2.19. The lowest BCUT2D eigenvalue weighted by Crippen LogP contribution is -2.49. The van der Waals surface area contributed by atoms with Crippen molar-refractivity contribution >= 4 is 23.3 Å². The van der Waals surface area contributed by atoms with Crippen molar-refractivity contribution in [1.29, 1.82) is 0 Å². The van der Waals surface area contributed by atoms with Gasteiger partial charge in [0.2, 0.25) is 0 Å². The standard InChI is InChI=1S/C20H27N3O4S/c1-14(2)18-21-16(13-28-18)10-23(3)20(25)22-17(19(24)26-4)12-27-11-15-8-6-5-7-9-15/h5-9,13-14,17H,10-12H2,1-4H3,(H,22,25)/t17-/m0/s1. The van der Waals surface area contributed by atoms with Gasteiger partial charge in [-0.15, -0.1) is 11.3 Å². The molecular formula is C20H27N3O4S. The van der Waals surface area contributed by atoms with E-state index in [1.165, 1.54) is 12.0 Å². The third-order valence-electron chi connectivity index (χ3n) is 3.99. The number of hydrogen-bond acceptors (Lipinski definition) is 6. The first-order valence-corrected chi connectivity index (χ1v) is 9.94. The first kappa shape index (κ1) is 21.8. The molecule has 0 fully saturated rings. The summed E-state index contributed by atoms with van der Waals surface area (Å²) in [5.74, 6) is -0.200. The number of carbonyl (C=O) groups is 2. The summed E-state index contributed by atoms with van der Waals surface area (Å²) >= 11 is 1.58. The molecule has 1 heterocycles. The van der Waals surface area contributed by atoms with Crippen LogP contribution in [0.4, 0.5) is 4.79 Å². The van der Waals surface area contributed by atoms with Crippen LogP contribution >= 0.6 is 11.3 Å². The molecule has 2 amide bonds. The summed E-state index contributed by atoms with van der Waals surface area (Å²) in [5, 5.41) is 5.64. The molecule has 0 unspecified atom stereocenters. The lowest BCUT2D eigenvalue weighted by molar-refractivity contribution is -0.144. The maximum atomic E-state index is 12.5. The van der Waals surface area contributed by atoms with Crippen molar-refractivity contribution in [2.45, 2.75) is 39.0 Å². The van der Waals surface area contributed by atoms with Crippen molar-refractivity contribution < 1.29 is 19.1 Å². The van der Waals surface area contributed by atoms with Gasteiger partial charge in [-0.05, 0) is 5.56 Å². The van der Waals surface area contributed by atoms with E-state index in [0.29, 0.717) is 19.1 Å². The van der Waals surface area contributed by atoms with Crippen molar-refractivity contribution in [3.63, 3.8) is 0 Å². The number of thiazole rings is 1. The Labute approximate surface area is 169 Å². The number of rotatable bonds is 9. The number of ether oxygens (including phenoxy) is 2. The Morgan fingerprint density at radius 1 is 1.25 bits per heavy atom. The van der Waals surface area contributed by atoms with Gasteiger partial charge in [-0.2, -0.15) is 0 Å². The minimum absolute atomic E-state index is 0.0232. The van der Waals surface area contributed by atoms with Gasteiger partial charge >= 0.3 is 12.0 Å². The summed E-state index contributed by atoms with van der Waals surface area (Å²) in [4.78, 5) is 30.5. The summed E-state index contributed by atoms with van der Waals surface area (Å²) in [6, 6.07) is 8.33. The molecule has 152 valence electrons. The molecule has 0 radical (unpaired) electrons. The summed E-state index contributed by atoms with van der Waals surface area (Å²) in [5.41, 5.74) is 1.81. The predicted octanol–water partition coefficient (Wildman–Crippen LogP) is 3.17. The summed E-state index contributed by atoms with van der Waals surface area (Å²) < 4.78 is 10.4. The fourth-order valence-corrected chi connectivity index (χ4v) is 3.24. The maximum absolute atomic E-state index is 12.5. The monoisotopic (exact) mass is 405 g/mol. The van der Waals surface area contributed by atoms with E-state index in [9.17, 15) is 9.59 Å². The van der Waals surface area contributed by atoms with Crippen LogP contribution < -0.4 is 5.32 Å². The second kappa shape index (κ2) is 10.8. The van der Waals surface area contributed by atoms with Gasteiger partial charge in [-0.1, -0.05) is 44.2 Å². The van der Waals surface area contributed by atoms with E-state index < -0.39 is 18.0 Å². The molecule has 2 aromatic rings. The van der Waals surface area contributed by atoms with Gasteiger partial charge in [-0.25, -0.2) is 14.6 Å². The largest absolute Gasteiger partial charge is 0.467 e. The van der Waals surface area contributed by atoms with E-state index in [0.717, 1.165) is 16.3 Å². The van der Waals surface area contributed by atoms with E-state index in [1.807, 2.05) is 35.7 Å². The van der Waals surface area contributed by atoms with Crippen LogP contribution in [0.5, 0.6) is 0 Å². The molecule has 0 bridgehead atoms. The van der Waals surface area contributed by atoms with E-state index in [1.54, 1.807) is 18.4 Å². The van der Waals surface area contributed by atoms with Crippen molar-refractivity contribution in [2.75, 3.05) is 20.8 Å². The van der Waals surface area contributed by atoms with Crippen molar-refractivity contribution in [1.82, 2.24) is 15.2 Å². The SMILES string of the molecule is COC(=O)[C@H](COCc1ccccc1)NC(=O)N(C)Cc1csc(C(C)C)n1. The van der Waals surface area contributed by atoms with Gasteiger partial charge in [0.05, 0.1) is 37.6 Å². The number of hydrogen-bond donors (Lipinski definition) is 1. The quantitative estimate of drug-likeness (QED) is 0.648. The predicted molar refractivity (Wildman–Crippen MR) is 108 cm³/mol. The third kappa shape index (κ3) is 6.61. The van der Waals surface area contributed by atoms with Crippen LogP contribution in [0.2, 0.25) is 0 Å². The average molecular weight is 406 g/mol. The number of urea groups is 1. The fraction of sp³-hybridized carbons (Fsp3) is 0.450. The highest BCUT2D eigenvalue weighted by Gasteiger charge is 2.24. The third-order valence-corrected chi connectivity index (χ3v) is 5.18. The minimum Gasteiger partial charge on any atom is -0.467 e. The smallest absolute Gasteiger partial charge is 0.330 e. The number of amides is 2. The van der Waals surface area contributed by atoms with E-state index in [2.05, 4.69) is 24.1 Å². The van der Waals surface area contributed by atoms with Gasteiger partial charge in [0.1, 0.15) is 0 Å². The number of methoxy groups -OCH3 is 1. The van der Waals surface area contributed by atoms with Crippen LogP contribution in [0.3, 0.4) is 0 Å². The molecule has 1 aromatic heterocycles. The number of benzene rings is 1. The van der Waals surface area contributed by atoms with E-state index >= 15 is 0 Å². The molecule has 0 saturated carbocycles. The molecule has 2 rings (SSSR count). The van der Waals surface area contributed by atoms with Crippen LogP contribution in [-0.4, -0.2) is 48.7 Å². The Balaban J connectivity index is 1.88. The second-order valence-corrected chi connectivity index (χ2v) is 7.60. The topological polar surface area (TPSA) is 80.8 Å². The lowest BCUT2D eigenvalue weighted by Gasteiger charge is -2.21. The first-order chi connectivity index (χ1) is 13.4. The number of nitrogens with one attached hydrogen (secondary N) is 1. The molecule has 1 N–H and O–H groups in total. The van der Waals surface area contributed by atoms with E-state index in [-0.39, 0.29) is 6.61 Å². The summed E-state index contributed by atoms with van der Waals surface area (Å²) in [7, 11) is 2.94. The first-order valence-electron chi connectivity index (χ1n) is 9.06. The van der Waals surface area contributed by atoms with Gasteiger partial charge in [0.25, 0.3) is 0 Å². The molecule has 8 heteroatoms. The van der Waals surface area contributed by atoms with Crippen LogP contribution in [0.1, 0.15) is 36.0 Å². The Kier molecular flexibility index (Phi) is 8.41. The average Bonchev–Trinajstić information content (AvgIpc) is 3.16. The van der Waals surface area contributed by atoms with Crippen molar-refractivity contribution in [3.05, 3.63) is 52.0 Å². The van der Waals surface area contributed by atoms with Gasteiger partial charge in [0, 0.05) is 18.3 Å². The van der Waals surface area contributed by atoms with Crippen LogP contribution in [0, 0.1) is 0 Å². The Morgan fingerprint density at radius 2 is 1.96 bits per heavy atom. The minimum atomic E-state index is -0.884. The van der Waals surface area contributed by atoms with Crippen LogP contribution in [0.25, 0.3) is 0 Å². The van der Waals surface area contributed by atoms with Gasteiger partial charge in [-0.3, -0.25) is 0 Å². The molecule has 0 aliphatic rings. The number of carbonyl (C=O) groups excluding carboxylic acids is 2. The lowest BCUT2D eigenvalue weighted by atomic mass is 10.2. The number of nitrogens with zero attached hydrogens (tertiary/aromatic N) is 2. The molecular weight excluding hydrogens is 378 g/mol. The summed E-state index contributed by atoms with van der Waals surface area (Å²) in [6.07, 6.45) is 0. The molecule has 7 nitrogen and oxygen atoms in total. The summed E-state index contributed by atoms with van der Waals surface area (Å²) in [6.45, 7) is 4.88. The normalized spacial score (nSPS) is 11.9. The zero-order valence-electron chi connectivity index (χ0n) is 16.7. The van der Waals surface area contributed by atoms with Crippen molar-refractivity contribution in [3.8, 4) is 0 Å². The van der Waals surface area contributed by atoms with Crippen LogP contribution in [0.15, 0.2) is 35.7 Å². The zero-order valence-corrected chi connectivity index (χ0v) is 17.5. The molecule has 0 aliphatic heterocycles. The number of aromatic nitrogens is 1. The molecule has 0 saturated heterocycles. The molecule has 28 heavy (non-hydrogen) atoms. The highest BCUT2D eigenvalue weighted by atomic mass is 32.1. The van der Waals surface area contributed by atoms with Gasteiger partial charge < -0.3 is 19.7 Å². The van der Waals surface area contributed by atoms with Crippen LogP contribution in [-0.2, 0) is 27.4 Å². The Bertz CT molecular complexity index is 764. The second-order valence-electron chi connectivity index (χ2n) is 6.71. The van der Waals surface area contributed by atoms with E-state index in [4.69, 9.17) is 9.47 Å². The zero-order chi connectivity index (χ0) is 20.5. The maximum Gasteiger partial charge on any atom is 0.330 e. The molecule has 0 spiro atoms. The van der Waals surface area contributed by atoms with Crippen molar-refractivity contribution in [2.24, 2.45) is 0 Å². The Hall–Kier alpha value is -2.45. The van der Waals surface area contributed by atoms with Gasteiger partial charge in [0.15, 0.2) is 6.04 Å². The molecule has 1 atom stereocenters. The molecule has 0 aliphatic carbocycles. The molecule has 1 aromatic carbocycles. The number of esters is 1. The Morgan fingerprint density at radius 3 is 2.57 bits per heavy atom. The fourth-order valence-electron chi connectivity index (χ4n) is 2.41. The highest BCUT2D eigenvalue weighted by molar-refractivity contribution is 7.09.